The molecule has 5 heteroatoms. The molecule has 0 spiro atoms. The van der Waals surface area contributed by atoms with E-state index in [1.807, 2.05) is 44.3 Å². The maximum atomic E-state index is 4.32. The predicted octanol–water partition coefficient (Wildman–Crippen LogP) is 3.95. The van der Waals surface area contributed by atoms with Crippen molar-refractivity contribution in [2.75, 3.05) is 5.43 Å². The van der Waals surface area contributed by atoms with Gasteiger partial charge in [0.1, 0.15) is 0 Å². The summed E-state index contributed by atoms with van der Waals surface area (Å²) in [4.78, 5) is 8.63. The zero-order valence-corrected chi connectivity index (χ0v) is 14.4. The molecule has 2 heterocycles. The van der Waals surface area contributed by atoms with Crippen LogP contribution in [0.5, 0.6) is 0 Å². The van der Waals surface area contributed by atoms with Crippen LogP contribution in [0, 0.1) is 27.7 Å². The second kappa shape index (κ2) is 6.66. The number of hydrogen-bond donors (Lipinski definition) is 1. The van der Waals surface area contributed by atoms with E-state index in [1.165, 1.54) is 5.69 Å². The van der Waals surface area contributed by atoms with Crippen molar-refractivity contribution in [3.8, 4) is 5.69 Å². The number of hydrazone groups is 1. The molecule has 0 radical (unpaired) electrons. The van der Waals surface area contributed by atoms with Gasteiger partial charge in [-0.15, -0.1) is 0 Å². The Morgan fingerprint density at radius 3 is 2.29 bits per heavy atom. The molecule has 0 aliphatic heterocycles. The van der Waals surface area contributed by atoms with Crippen molar-refractivity contribution < 1.29 is 0 Å². The highest BCUT2D eigenvalue weighted by atomic mass is 15.3. The lowest BCUT2D eigenvalue weighted by Gasteiger charge is -2.09. The van der Waals surface area contributed by atoms with Crippen LogP contribution in [0.15, 0.2) is 47.6 Å². The molecule has 1 aromatic carbocycles. The van der Waals surface area contributed by atoms with Crippen molar-refractivity contribution in [3.63, 3.8) is 0 Å². The van der Waals surface area contributed by atoms with E-state index < -0.39 is 0 Å². The van der Waals surface area contributed by atoms with Gasteiger partial charge in [-0.1, -0.05) is 18.2 Å². The van der Waals surface area contributed by atoms with E-state index in [0.29, 0.717) is 5.95 Å². The number of anilines is 1. The first-order chi connectivity index (χ1) is 11.5. The van der Waals surface area contributed by atoms with Gasteiger partial charge < -0.3 is 4.57 Å². The molecular formula is C19H21N5. The van der Waals surface area contributed by atoms with E-state index in [-0.39, 0.29) is 0 Å². The summed E-state index contributed by atoms with van der Waals surface area (Å²) in [7, 11) is 0. The third kappa shape index (κ3) is 3.35. The summed E-state index contributed by atoms with van der Waals surface area (Å²) in [5, 5.41) is 4.29. The van der Waals surface area contributed by atoms with Gasteiger partial charge in [0.15, 0.2) is 0 Å². The molecule has 1 N–H and O–H groups in total. The first-order valence-electron chi connectivity index (χ1n) is 7.90. The van der Waals surface area contributed by atoms with Crippen LogP contribution in [0.2, 0.25) is 0 Å². The van der Waals surface area contributed by atoms with Crippen LogP contribution in [0.3, 0.4) is 0 Å². The Kier molecular flexibility index (Phi) is 4.42. The molecule has 5 nitrogen and oxygen atoms in total. The molecule has 0 amide bonds. The lowest BCUT2D eigenvalue weighted by atomic mass is 10.2. The van der Waals surface area contributed by atoms with Crippen LogP contribution >= 0.6 is 0 Å². The van der Waals surface area contributed by atoms with Gasteiger partial charge in [-0.2, -0.15) is 5.10 Å². The Morgan fingerprint density at radius 2 is 1.62 bits per heavy atom. The van der Waals surface area contributed by atoms with Crippen LogP contribution in [0.25, 0.3) is 5.69 Å². The molecule has 122 valence electrons. The molecule has 0 unspecified atom stereocenters. The van der Waals surface area contributed by atoms with Gasteiger partial charge in [-0.25, -0.2) is 15.4 Å². The Morgan fingerprint density at radius 1 is 0.958 bits per heavy atom. The minimum absolute atomic E-state index is 0.514. The van der Waals surface area contributed by atoms with Gasteiger partial charge in [-0.05, 0) is 52.0 Å². The van der Waals surface area contributed by atoms with Crippen LogP contribution in [-0.4, -0.2) is 20.7 Å². The fourth-order valence-corrected chi connectivity index (χ4v) is 2.83. The number of benzene rings is 1. The molecule has 24 heavy (non-hydrogen) atoms. The highest BCUT2D eigenvalue weighted by Gasteiger charge is 2.08. The lowest BCUT2D eigenvalue weighted by molar-refractivity contribution is 0.965. The van der Waals surface area contributed by atoms with Gasteiger partial charge in [0.2, 0.25) is 5.95 Å². The van der Waals surface area contributed by atoms with Crippen molar-refractivity contribution in [2.24, 2.45) is 5.10 Å². The topological polar surface area (TPSA) is 55.1 Å². The number of hydrogen-bond acceptors (Lipinski definition) is 4. The smallest absolute Gasteiger partial charge is 0.243 e. The minimum atomic E-state index is 0.514. The largest absolute Gasteiger partial charge is 0.318 e. The van der Waals surface area contributed by atoms with Gasteiger partial charge >= 0.3 is 0 Å². The fraction of sp³-hybridized carbons (Fsp3) is 0.211. The highest BCUT2D eigenvalue weighted by Crippen LogP contribution is 2.19. The molecular weight excluding hydrogens is 298 g/mol. The Labute approximate surface area is 142 Å². The maximum Gasteiger partial charge on any atom is 0.243 e. The minimum Gasteiger partial charge on any atom is -0.318 e. The lowest BCUT2D eigenvalue weighted by Crippen LogP contribution is -2.01. The normalized spacial score (nSPS) is 11.2. The zero-order chi connectivity index (χ0) is 17.1. The van der Waals surface area contributed by atoms with Crippen molar-refractivity contribution in [1.82, 2.24) is 14.5 Å². The average molecular weight is 319 g/mol. The zero-order valence-electron chi connectivity index (χ0n) is 14.4. The molecule has 0 atom stereocenters. The second-order valence-corrected chi connectivity index (χ2v) is 5.84. The SMILES string of the molecule is Cc1cc(C)nc(NN=Cc2cc(C)n(-c3ccccc3)c2C)n1. The van der Waals surface area contributed by atoms with Gasteiger partial charge in [0.05, 0.1) is 6.21 Å². The molecule has 0 bridgehead atoms. The number of aromatic nitrogens is 3. The van der Waals surface area contributed by atoms with Crippen molar-refractivity contribution in [3.05, 3.63) is 70.8 Å². The fourth-order valence-electron chi connectivity index (χ4n) is 2.83. The molecule has 3 aromatic rings. The van der Waals surface area contributed by atoms with Gasteiger partial charge in [0.25, 0.3) is 0 Å². The molecule has 0 saturated heterocycles. The predicted molar refractivity (Wildman–Crippen MR) is 98.0 cm³/mol. The van der Waals surface area contributed by atoms with Crippen molar-refractivity contribution in [2.45, 2.75) is 27.7 Å². The molecule has 3 rings (SSSR count). The molecule has 0 saturated carbocycles. The van der Waals surface area contributed by atoms with E-state index in [0.717, 1.165) is 28.3 Å². The third-order valence-electron chi connectivity index (χ3n) is 3.84. The molecule has 0 aliphatic carbocycles. The maximum absolute atomic E-state index is 4.32. The van der Waals surface area contributed by atoms with Gasteiger partial charge in [0, 0.05) is 34.0 Å². The standard InChI is InChI=1S/C19H21N5/c1-13-10-14(2)22-19(21-13)23-20-12-17-11-15(3)24(16(17)4)18-8-6-5-7-9-18/h5-12H,1-4H3,(H,21,22,23). The van der Waals surface area contributed by atoms with Crippen LogP contribution < -0.4 is 5.43 Å². The number of nitrogens with zero attached hydrogens (tertiary/aromatic N) is 4. The summed E-state index contributed by atoms with van der Waals surface area (Å²) in [5.41, 5.74) is 9.27. The van der Waals surface area contributed by atoms with E-state index >= 15 is 0 Å². The number of nitrogens with one attached hydrogen (secondary N) is 1. The summed E-state index contributed by atoms with van der Waals surface area (Å²) in [5.74, 6) is 0.514. The second-order valence-electron chi connectivity index (χ2n) is 5.84. The molecule has 2 aromatic heterocycles. The summed E-state index contributed by atoms with van der Waals surface area (Å²) in [6.45, 7) is 8.07. The summed E-state index contributed by atoms with van der Waals surface area (Å²) in [6, 6.07) is 14.4. The highest BCUT2D eigenvalue weighted by molar-refractivity contribution is 5.82. The monoisotopic (exact) mass is 319 g/mol. The van der Waals surface area contributed by atoms with Crippen molar-refractivity contribution >= 4 is 12.2 Å². The van der Waals surface area contributed by atoms with E-state index in [9.17, 15) is 0 Å². The number of para-hydroxylation sites is 1. The first kappa shape index (κ1) is 15.9. The Hall–Kier alpha value is -2.95. The summed E-state index contributed by atoms with van der Waals surface area (Å²) in [6.07, 6.45) is 1.81. The van der Waals surface area contributed by atoms with Crippen LogP contribution in [-0.2, 0) is 0 Å². The van der Waals surface area contributed by atoms with E-state index in [1.54, 1.807) is 0 Å². The van der Waals surface area contributed by atoms with E-state index in [2.05, 4.69) is 57.1 Å². The third-order valence-corrected chi connectivity index (χ3v) is 3.84. The first-order valence-corrected chi connectivity index (χ1v) is 7.90. The molecule has 0 aliphatic rings. The van der Waals surface area contributed by atoms with Gasteiger partial charge in [-0.3, -0.25) is 0 Å². The number of aryl methyl sites for hydroxylation is 3. The summed E-state index contributed by atoms with van der Waals surface area (Å²) < 4.78 is 2.22. The van der Waals surface area contributed by atoms with Crippen molar-refractivity contribution in [1.29, 1.82) is 0 Å². The Balaban J connectivity index is 1.83. The van der Waals surface area contributed by atoms with Crippen LogP contribution in [0.1, 0.15) is 28.3 Å². The Bertz CT molecular complexity index is 858. The summed E-state index contributed by atoms with van der Waals surface area (Å²) >= 11 is 0. The molecule has 0 fully saturated rings. The average Bonchev–Trinajstić information content (AvgIpc) is 2.81. The quantitative estimate of drug-likeness (QED) is 0.585. The van der Waals surface area contributed by atoms with E-state index in [4.69, 9.17) is 0 Å². The van der Waals surface area contributed by atoms with Crippen LogP contribution in [0.4, 0.5) is 5.95 Å². The number of rotatable bonds is 4.